The summed E-state index contributed by atoms with van der Waals surface area (Å²) >= 11 is 0. The molecular formula is C30H41N3O6. The second kappa shape index (κ2) is 10.7. The van der Waals surface area contributed by atoms with E-state index >= 15 is 0 Å². The SMILES string of the molecule is COc1ccc2c3c(n(C)c2c1)[C@@H](CO)N(C(=O)C1CCOCC1)CC31CCN(C(=O)C2CCOCC2)CC1. The Hall–Kier alpha value is -2.62. The summed E-state index contributed by atoms with van der Waals surface area (Å²) in [5, 5.41) is 11.9. The van der Waals surface area contributed by atoms with E-state index < -0.39 is 6.04 Å². The van der Waals surface area contributed by atoms with Crippen LogP contribution in [0.3, 0.4) is 0 Å². The molecule has 1 aromatic heterocycles. The number of hydrogen-bond donors (Lipinski definition) is 1. The highest BCUT2D eigenvalue weighted by molar-refractivity contribution is 5.90. The summed E-state index contributed by atoms with van der Waals surface area (Å²) in [5.74, 6) is 1.10. The summed E-state index contributed by atoms with van der Waals surface area (Å²) in [6, 6.07) is 5.75. The van der Waals surface area contributed by atoms with Gasteiger partial charge < -0.3 is 33.7 Å². The molecule has 1 aromatic carbocycles. The van der Waals surface area contributed by atoms with E-state index in [2.05, 4.69) is 10.6 Å². The van der Waals surface area contributed by atoms with Crippen LogP contribution in [0.15, 0.2) is 18.2 Å². The number of rotatable bonds is 4. The normalized spacial score (nSPS) is 24.2. The highest BCUT2D eigenvalue weighted by Crippen LogP contribution is 2.50. The fraction of sp³-hybridized carbons (Fsp3) is 0.667. The largest absolute Gasteiger partial charge is 0.497 e. The number of likely N-dealkylation sites (tertiary alicyclic amines) is 1. The molecule has 212 valence electrons. The van der Waals surface area contributed by atoms with Crippen LogP contribution in [0, 0.1) is 11.8 Å². The highest BCUT2D eigenvalue weighted by Gasteiger charge is 2.50. The second-order valence-electron chi connectivity index (χ2n) is 11.7. The first-order chi connectivity index (χ1) is 19.0. The van der Waals surface area contributed by atoms with Crippen molar-refractivity contribution in [2.45, 2.75) is 50.0 Å². The van der Waals surface area contributed by atoms with Gasteiger partial charge in [-0.1, -0.05) is 0 Å². The number of benzene rings is 1. The van der Waals surface area contributed by atoms with Gasteiger partial charge in [-0.3, -0.25) is 9.59 Å². The van der Waals surface area contributed by atoms with Crippen LogP contribution in [0.4, 0.5) is 0 Å². The molecule has 5 heterocycles. The number of nitrogens with zero attached hydrogens (tertiary/aromatic N) is 3. The van der Waals surface area contributed by atoms with Crippen molar-refractivity contribution in [2.75, 3.05) is 59.8 Å². The number of methoxy groups -OCH3 is 1. The van der Waals surface area contributed by atoms with Crippen molar-refractivity contribution in [2.24, 2.45) is 18.9 Å². The van der Waals surface area contributed by atoms with E-state index in [0.717, 1.165) is 48.0 Å². The minimum Gasteiger partial charge on any atom is -0.497 e. The fourth-order valence-corrected chi connectivity index (χ4v) is 7.53. The van der Waals surface area contributed by atoms with Crippen LogP contribution in [-0.2, 0) is 31.5 Å². The topological polar surface area (TPSA) is 93.5 Å². The second-order valence-corrected chi connectivity index (χ2v) is 11.7. The Morgan fingerprint density at radius 3 is 2.21 bits per heavy atom. The van der Waals surface area contributed by atoms with Gasteiger partial charge in [-0.2, -0.15) is 0 Å². The van der Waals surface area contributed by atoms with Gasteiger partial charge in [0.15, 0.2) is 0 Å². The lowest BCUT2D eigenvalue weighted by molar-refractivity contribution is -0.147. The zero-order valence-electron chi connectivity index (χ0n) is 23.2. The van der Waals surface area contributed by atoms with Crippen LogP contribution in [0.1, 0.15) is 55.8 Å². The Morgan fingerprint density at radius 2 is 1.62 bits per heavy atom. The summed E-state index contributed by atoms with van der Waals surface area (Å²) in [6.45, 7) is 4.28. The number of ether oxygens (including phenoxy) is 3. The summed E-state index contributed by atoms with van der Waals surface area (Å²) in [5.41, 5.74) is 2.99. The molecule has 0 unspecified atom stereocenters. The summed E-state index contributed by atoms with van der Waals surface area (Å²) in [4.78, 5) is 31.4. The predicted molar refractivity (Wildman–Crippen MR) is 146 cm³/mol. The first-order valence-electron chi connectivity index (χ1n) is 14.5. The number of aliphatic hydroxyl groups is 1. The van der Waals surface area contributed by atoms with Crippen molar-refractivity contribution < 1.29 is 28.9 Å². The quantitative estimate of drug-likeness (QED) is 0.643. The molecule has 9 nitrogen and oxygen atoms in total. The number of fused-ring (bicyclic) bond motifs is 4. The minimum atomic E-state index is -0.411. The van der Waals surface area contributed by atoms with Gasteiger partial charge in [0.25, 0.3) is 0 Å². The molecule has 6 rings (SSSR count). The number of aryl methyl sites for hydroxylation is 1. The molecule has 0 bridgehead atoms. The first-order valence-corrected chi connectivity index (χ1v) is 14.5. The molecule has 4 aliphatic rings. The van der Waals surface area contributed by atoms with E-state index in [0.29, 0.717) is 58.9 Å². The molecule has 3 saturated heterocycles. The van der Waals surface area contributed by atoms with Crippen molar-refractivity contribution in [1.29, 1.82) is 0 Å². The van der Waals surface area contributed by atoms with Crippen LogP contribution >= 0.6 is 0 Å². The summed E-state index contributed by atoms with van der Waals surface area (Å²) < 4.78 is 18.7. The van der Waals surface area contributed by atoms with Crippen LogP contribution in [0.5, 0.6) is 5.75 Å². The van der Waals surface area contributed by atoms with E-state index in [9.17, 15) is 14.7 Å². The van der Waals surface area contributed by atoms with Gasteiger partial charge in [-0.05, 0) is 56.2 Å². The Balaban J connectivity index is 1.39. The van der Waals surface area contributed by atoms with Gasteiger partial charge in [0.05, 0.1) is 25.3 Å². The van der Waals surface area contributed by atoms with Gasteiger partial charge in [0.2, 0.25) is 11.8 Å². The zero-order valence-corrected chi connectivity index (χ0v) is 23.2. The van der Waals surface area contributed by atoms with Crippen LogP contribution in [-0.4, -0.2) is 91.1 Å². The van der Waals surface area contributed by atoms with Crippen LogP contribution < -0.4 is 4.74 Å². The summed E-state index contributed by atoms with van der Waals surface area (Å²) in [6.07, 6.45) is 4.59. The van der Waals surface area contributed by atoms with E-state index in [-0.39, 0.29) is 35.7 Å². The lowest BCUT2D eigenvalue weighted by Gasteiger charge is -2.51. The van der Waals surface area contributed by atoms with Crippen LogP contribution in [0.25, 0.3) is 10.9 Å². The maximum atomic E-state index is 14.0. The third-order valence-electron chi connectivity index (χ3n) is 9.78. The Morgan fingerprint density at radius 1 is 1.00 bits per heavy atom. The maximum Gasteiger partial charge on any atom is 0.226 e. The molecule has 1 N–H and O–H groups in total. The van der Waals surface area contributed by atoms with Crippen molar-refractivity contribution in [1.82, 2.24) is 14.4 Å². The van der Waals surface area contributed by atoms with Gasteiger partial charge in [0, 0.05) is 87.5 Å². The number of piperidine rings is 1. The molecule has 39 heavy (non-hydrogen) atoms. The average Bonchev–Trinajstić information content (AvgIpc) is 3.30. The monoisotopic (exact) mass is 539 g/mol. The van der Waals surface area contributed by atoms with Gasteiger partial charge in [0.1, 0.15) is 5.75 Å². The zero-order chi connectivity index (χ0) is 27.1. The number of carbonyl (C=O) groups excluding carboxylic acids is 2. The lowest BCUT2D eigenvalue weighted by Crippen LogP contribution is -2.57. The molecule has 1 atom stereocenters. The minimum absolute atomic E-state index is 0.0464. The molecule has 2 amide bonds. The molecule has 1 spiro atoms. The molecular weight excluding hydrogens is 498 g/mol. The molecule has 2 aromatic rings. The number of amides is 2. The Kier molecular flexibility index (Phi) is 7.33. The predicted octanol–water partition coefficient (Wildman–Crippen LogP) is 2.78. The smallest absolute Gasteiger partial charge is 0.226 e. The number of carbonyl (C=O) groups is 2. The molecule has 0 aliphatic carbocycles. The third-order valence-corrected chi connectivity index (χ3v) is 9.78. The molecule has 0 radical (unpaired) electrons. The van der Waals surface area contributed by atoms with E-state index in [4.69, 9.17) is 14.2 Å². The average molecular weight is 540 g/mol. The van der Waals surface area contributed by atoms with E-state index in [1.165, 1.54) is 5.56 Å². The van der Waals surface area contributed by atoms with Crippen LogP contribution in [0.2, 0.25) is 0 Å². The fourth-order valence-electron chi connectivity index (χ4n) is 7.53. The molecule has 9 heteroatoms. The molecule has 3 fully saturated rings. The number of aromatic nitrogens is 1. The molecule has 0 saturated carbocycles. The first kappa shape index (κ1) is 26.6. The Bertz CT molecular complexity index is 1220. The van der Waals surface area contributed by atoms with Gasteiger partial charge in [-0.15, -0.1) is 0 Å². The third kappa shape index (κ3) is 4.52. The number of hydrogen-bond acceptors (Lipinski definition) is 6. The van der Waals surface area contributed by atoms with Crippen molar-refractivity contribution >= 4 is 22.7 Å². The van der Waals surface area contributed by atoms with E-state index in [1.807, 2.05) is 29.0 Å². The Labute approximate surface area is 230 Å². The highest BCUT2D eigenvalue weighted by atomic mass is 16.5. The maximum absolute atomic E-state index is 14.0. The standard InChI is InChI=1S/C30H41N3O6/c1-31-24-17-22(37-2)3-4-23(24)26-27(31)25(18-34)33(29(36)21-7-15-39-16-8-21)19-30(26)9-11-32(12-10-30)28(35)20-5-13-38-14-6-20/h3-4,17,20-21,25,34H,5-16,18-19H2,1-2H3/t25-/m1/s1. The number of aliphatic hydroxyl groups excluding tert-OH is 1. The lowest BCUT2D eigenvalue weighted by atomic mass is 9.67. The van der Waals surface area contributed by atoms with E-state index in [1.54, 1.807) is 7.11 Å². The van der Waals surface area contributed by atoms with Crippen molar-refractivity contribution in [3.63, 3.8) is 0 Å². The van der Waals surface area contributed by atoms with Crippen molar-refractivity contribution in [3.8, 4) is 5.75 Å². The van der Waals surface area contributed by atoms with Gasteiger partial charge >= 0.3 is 0 Å². The molecule has 4 aliphatic heterocycles. The van der Waals surface area contributed by atoms with Gasteiger partial charge in [-0.25, -0.2) is 0 Å². The van der Waals surface area contributed by atoms with Crippen molar-refractivity contribution in [3.05, 3.63) is 29.5 Å². The summed E-state index contributed by atoms with van der Waals surface area (Å²) in [7, 11) is 3.70.